The molecule has 96 valence electrons. The van der Waals surface area contributed by atoms with Crippen molar-refractivity contribution in [1.29, 1.82) is 0 Å². The maximum absolute atomic E-state index is 12.1. The van der Waals surface area contributed by atoms with Crippen molar-refractivity contribution in [3.05, 3.63) is 47.7 Å². The quantitative estimate of drug-likeness (QED) is 0.719. The van der Waals surface area contributed by atoms with Crippen LogP contribution >= 0.6 is 0 Å². The number of piperidine rings is 1. The maximum Gasteiger partial charge on any atom is 0.249 e. The Morgan fingerprint density at radius 3 is 3.05 bits per heavy atom. The third kappa shape index (κ3) is 1.30. The largest absolute Gasteiger partial charge is 0.361 e. The highest BCUT2D eigenvalue weighted by Crippen LogP contribution is 2.44. The molecule has 1 aromatic carbocycles. The highest BCUT2D eigenvalue weighted by molar-refractivity contribution is 5.95. The lowest BCUT2D eigenvalue weighted by atomic mass is 9.74. The Bertz CT molecular complexity index is 713. The summed E-state index contributed by atoms with van der Waals surface area (Å²) in [7, 11) is 1.90. The molecule has 1 saturated heterocycles. The molecule has 1 N–H and O–H groups in total. The molecule has 0 saturated carbocycles. The van der Waals surface area contributed by atoms with Crippen LogP contribution in [0.15, 0.2) is 36.5 Å². The van der Waals surface area contributed by atoms with Crippen LogP contribution < -0.4 is 0 Å². The first-order valence-corrected chi connectivity index (χ1v) is 6.70. The van der Waals surface area contributed by atoms with Gasteiger partial charge in [-0.1, -0.05) is 18.7 Å². The lowest BCUT2D eigenvalue weighted by molar-refractivity contribution is -0.130. The second-order valence-electron chi connectivity index (χ2n) is 5.69. The zero-order valence-corrected chi connectivity index (χ0v) is 10.9. The molecule has 4 rings (SSSR count). The first-order chi connectivity index (χ1) is 9.16. The summed E-state index contributed by atoms with van der Waals surface area (Å²) >= 11 is 0. The minimum absolute atomic E-state index is 0.104. The number of nitrogens with zero attached hydrogens (tertiary/aromatic N) is 1. The van der Waals surface area contributed by atoms with Crippen molar-refractivity contribution in [3.8, 4) is 0 Å². The van der Waals surface area contributed by atoms with Crippen LogP contribution in [0, 0.1) is 0 Å². The van der Waals surface area contributed by atoms with E-state index in [-0.39, 0.29) is 11.9 Å². The van der Waals surface area contributed by atoms with Crippen molar-refractivity contribution in [2.75, 3.05) is 7.05 Å². The molecule has 0 spiro atoms. The number of carbonyl (C=O) groups excluding carboxylic acids is 1. The van der Waals surface area contributed by atoms with Gasteiger partial charge in [0.1, 0.15) is 0 Å². The van der Waals surface area contributed by atoms with Crippen molar-refractivity contribution in [2.24, 2.45) is 0 Å². The first-order valence-electron chi connectivity index (χ1n) is 6.70. The molecule has 3 heteroatoms. The topological polar surface area (TPSA) is 36.1 Å². The highest BCUT2D eigenvalue weighted by atomic mass is 16.2. The number of aromatic nitrogens is 1. The fourth-order valence-electron chi connectivity index (χ4n) is 3.74. The zero-order valence-electron chi connectivity index (χ0n) is 10.9. The number of aromatic amines is 1. The number of benzene rings is 1. The average molecular weight is 252 g/mol. The number of fused-ring (bicyclic) bond motifs is 2. The molecular weight excluding hydrogens is 236 g/mol. The van der Waals surface area contributed by atoms with Gasteiger partial charge in [-0.3, -0.25) is 4.79 Å². The Morgan fingerprint density at radius 1 is 1.37 bits per heavy atom. The van der Waals surface area contributed by atoms with Crippen LogP contribution in [-0.4, -0.2) is 28.9 Å². The molecule has 2 atom stereocenters. The van der Waals surface area contributed by atoms with Gasteiger partial charge in [-0.05, 0) is 30.0 Å². The molecule has 3 nitrogen and oxygen atoms in total. The van der Waals surface area contributed by atoms with Crippen molar-refractivity contribution in [1.82, 2.24) is 9.88 Å². The van der Waals surface area contributed by atoms with Crippen molar-refractivity contribution >= 4 is 16.8 Å². The third-order valence-electron chi connectivity index (χ3n) is 4.70. The summed E-state index contributed by atoms with van der Waals surface area (Å²) in [6.07, 6.45) is 3.82. The van der Waals surface area contributed by atoms with E-state index in [1.165, 1.54) is 22.0 Å². The molecule has 1 amide bonds. The van der Waals surface area contributed by atoms with E-state index >= 15 is 0 Å². The molecule has 1 aromatic heterocycles. The fourth-order valence-corrected chi connectivity index (χ4v) is 3.74. The van der Waals surface area contributed by atoms with Crippen LogP contribution in [0.5, 0.6) is 0 Å². The minimum atomic E-state index is 0.104. The lowest BCUT2D eigenvalue weighted by Crippen LogP contribution is -2.48. The number of hydrogen-bond acceptors (Lipinski definition) is 1. The van der Waals surface area contributed by atoms with E-state index in [0.717, 1.165) is 18.4 Å². The predicted octanol–water partition coefficient (Wildman–Crippen LogP) is 2.59. The van der Waals surface area contributed by atoms with Crippen LogP contribution in [0.1, 0.15) is 23.5 Å². The number of hydrogen-bond donors (Lipinski definition) is 1. The van der Waals surface area contributed by atoms with Crippen molar-refractivity contribution in [2.45, 2.75) is 24.8 Å². The van der Waals surface area contributed by atoms with E-state index < -0.39 is 0 Å². The Labute approximate surface area is 111 Å². The number of likely N-dealkylation sites (N-methyl/N-ethyl adjacent to an activating group) is 1. The second kappa shape index (κ2) is 3.50. The second-order valence-corrected chi connectivity index (χ2v) is 5.69. The predicted molar refractivity (Wildman–Crippen MR) is 75.1 cm³/mol. The Hall–Kier alpha value is -2.03. The molecular formula is C16H16N2O. The molecule has 2 heterocycles. The van der Waals surface area contributed by atoms with Gasteiger partial charge in [-0.15, -0.1) is 0 Å². The number of carbonyl (C=O) groups is 1. The van der Waals surface area contributed by atoms with Gasteiger partial charge >= 0.3 is 0 Å². The van der Waals surface area contributed by atoms with E-state index in [1.807, 2.05) is 11.9 Å². The van der Waals surface area contributed by atoms with Crippen LogP contribution in [0.2, 0.25) is 0 Å². The van der Waals surface area contributed by atoms with Crippen molar-refractivity contribution in [3.63, 3.8) is 0 Å². The smallest absolute Gasteiger partial charge is 0.249 e. The van der Waals surface area contributed by atoms with E-state index in [9.17, 15) is 4.79 Å². The molecule has 1 fully saturated rings. The summed E-state index contributed by atoms with van der Waals surface area (Å²) in [4.78, 5) is 17.3. The van der Waals surface area contributed by atoms with Gasteiger partial charge in [0.2, 0.25) is 5.91 Å². The number of H-pyrrole nitrogens is 1. The number of rotatable bonds is 0. The van der Waals surface area contributed by atoms with Gasteiger partial charge in [0, 0.05) is 41.7 Å². The average Bonchev–Trinajstić information content (AvgIpc) is 2.83. The minimum Gasteiger partial charge on any atom is -0.361 e. The SMILES string of the molecule is C=C1C[C@@H]2c3cccc4[nH]cc(c34)C[C@H]2N(C)C1=O. The summed E-state index contributed by atoms with van der Waals surface area (Å²) in [5.74, 6) is 0.495. The summed E-state index contributed by atoms with van der Waals surface area (Å²) in [5, 5.41) is 1.36. The van der Waals surface area contributed by atoms with E-state index in [4.69, 9.17) is 0 Å². The summed E-state index contributed by atoms with van der Waals surface area (Å²) < 4.78 is 0. The van der Waals surface area contributed by atoms with E-state index in [2.05, 4.69) is 36.0 Å². The Kier molecular flexibility index (Phi) is 2.00. The standard InChI is InChI=1S/C16H16N2O/c1-9-6-12-11-4-3-5-13-15(11)10(8-17-13)7-14(12)18(2)16(9)19/h3-5,8,12,14,17H,1,6-7H2,2H3/t12-,14-/m1/s1. The summed E-state index contributed by atoms with van der Waals surface area (Å²) in [6, 6.07) is 6.69. The molecule has 2 aromatic rings. The van der Waals surface area contributed by atoms with Crippen LogP contribution in [0.25, 0.3) is 10.9 Å². The molecule has 0 radical (unpaired) electrons. The lowest BCUT2D eigenvalue weighted by Gasteiger charge is -2.42. The van der Waals surface area contributed by atoms with Crippen LogP contribution in [0.3, 0.4) is 0 Å². The fraction of sp³-hybridized carbons (Fsp3) is 0.312. The number of likely N-dealkylation sites (tertiary alicyclic amines) is 1. The molecule has 1 aliphatic carbocycles. The van der Waals surface area contributed by atoms with Gasteiger partial charge in [0.15, 0.2) is 0 Å². The summed E-state index contributed by atoms with van der Waals surface area (Å²) in [5.41, 5.74) is 4.64. The van der Waals surface area contributed by atoms with Crippen LogP contribution in [-0.2, 0) is 11.2 Å². The normalized spacial score (nSPS) is 25.8. The van der Waals surface area contributed by atoms with Gasteiger partial charge < -0.3 is 9.88 Å². The Balaban J connectivity index is 1.94. The number of nitrogens with one attached hydrogen (secondary N) is 1. The van der Waals surface area contributed by atoms with Crippen LogP contribution in [0.4, 0.5) is 0 Å². The summed E-state index contributed by atoms with van der Waals surface area (Å²) in [6.45, 7) is 3.95. The highest BCUT2D eigenvalue weighted by Gasteiger charge is 2.40. The molecule has 19 heavy (non-hydrogen) atoms. The van der Waals surface area contributed by atoms with Gasteiger partial charge in [-0.25, -0.2) is 0 Å². The van der Waals surface area contributed by atoms with Crippen molar-refractivity contribution < 1.29 is 4.79 Å². The Morgan fingerprint density at radius 2 is 2.21 bits per heavy atom. The molecule has 1 aliphatic heterocycles. The van der Waals surface area contributed by atoms with Gasteiger partial charge in [0.05, 0.1) is 0 Å². The first kappa shape index (κ1) is 10.9. The van der Waals surface area contributed by atoms with Gasteiger partial charge in [-0.2, -0.15) is 0 Å². The molecule has 0 unspecified atom stereocenters. The van der Waals surface area contributed by atoms with E-state index in [0.29, 0.717) is 5.92 Å². The molecule has 0 bridgehead atoms. The third-order valence-corrected chi connectivity index (χ3v) is 4.70. The van der Waals surface area contributed by atoms with E-state index in [1.54, 1.807) is 0 Å². The maximum atomic E-state index is 12.1. The zero-order chi connectivity index (χ0) is 13.1. The molecule has 2 aliphatic rings. The monoisotopic (exact) mass is 252 g/mol. The van der Waals surface area contributed by atoms with Gasteiger partial charge in [0.25, 0.3) is 0 Å². The number of amides is 1.